The van der Waals surface area contributed by atoms with E-state index >= 15 is 0 Å². The van der Waals surface area contributed by atoms with Gasteiger partial charge in [0, 0.05) is 17.7 Å². The molecule has 1 saturated heterocycles. The molecule has 2 unspecified atom stereocenters. The van der Waals surface area contributed by atoms with Gasteiger partial charge in [0.1, 0.15) is 17.6 Å². The summed E-state index contributed by atoms with van der Waals surface area (Å²) in [7, 11) is 3.94. The lowest BCUT2D eigenvalue weighted by molar-refractivity contribution is -0.139. The van der Waals surface area contributed by atoms with Gasteiger partial charge in [0.2, 0.25) is 0 Å². The first-order valence-electron chi connectivity index (χ1n) is 10.8. The lowest BCUT2D eigenvalue weighted by Crippen LogP contribution is -2.41. The molecule has 4 rings (SSSR count). The van der Waals surface area contributed by atoms with Crippen LogP contribution in [0, 0.1) is 0 Å². The molecular weight excluding hydrogens is 404 g/mol. The summed E-state index contributed by atoms with van der Waals surface area (Å²) >= 11 is 0. The quantitative estimate of drug-likeness (QED) is 0.430. The SMILES string of the molecule is CC1Oc2ccccc2C=C1C1C(=C(O)c2ccccc2)C(=O)C(=O)N1CCCN(C)C. The van der Waals surface area contributed by atoms with Crippen LogP contribution in [0.15, 0.2) is 65.7 Å². The van der Waals surface area contributed by atoms with Crippen LogP contribution in [0.2, 0.25) is 0 Å². The van der Waals surface area contributed by atoms with Crippen LogP contribution in [0.25, 0.3) is 11.8 Å². The van der Waals surface area contributed by atoms with Gasteiger partial charge in [-0.15, -0.1) is 0 Å². The highest BCUT2D eigenvalue weighted by Gasteiger charge is 2.48. The fraction of sp³-hybridized carbons (Fsp3) is 0.308. The van der Waals surface area contributed by atoms with E-state index in [0.29, 0.717) is 18.5 Å². The third-order valence-corrected chi connectivity index (χ3v) is 5.92. The second-order valence-electron chi connectivity index (χ2n) is 8.46. The Hall–Kier alpha value is -3.38. The van der Waals surface area contributed by atoms with Crippen LogP contribution in [-0.2, 0) is 9.59 Å². The number of hydrogen-bond donors (Lipinski definition) is 1. The zero-order chi connectivity index (χ0) is 22.8. The number of rotatable bonds is 6. The van der Waals surface area contributed by atoms with E-state index in [1.54, 1.807) is 29.2 Å². The molecule has 0 radical (unpaired) electrons. The summed E-state index contributed by atoms with van der Waals surface area (Å²) in [5.41, 5.74) is 2.30. The Morgan fingerprint density at radius 1 is 1.06 bits per heavy atom. The monoisotopic (exact) mass is 432 g/mol. The molecule has 2 aliphatic rings. The van der Waals surface area contributed by atoms with Crippen molar-refractivity contribution in [3.8, 4) is 5.75 Å². The molecule has 0 saturated carbocycles. The highest BCUT2D eigenvalue weighted by Crippen LogP contribution is 2.39. The normalized spacial score (nSPS) is 22.0. The van der Waals surface area contributed by atoms with E-state index in [2.05, 4.69) is 0 Å². The minimum Gasteiger partial charge on any atom is -0.507 e. The largest absolute Gasteiger partial charge is 0.507 e. The number of ether oxygens (including phenoxy) is 1. The standard InChI is InChI=1S/C26H28N2O4/c1-17-20(16-19-12-7-8-13-21(19)32-17)23-22(24(29)18-10-5-4-6-11-18)25(30)26(31)28(23)15-9-14-27(2)3/h4-8,10-13,16-17,23,29H,9,14-15H2,1-3H3. The molecule has 166 valence electrons. The number of amides is 1. The number of aliphatic hydroxyl groups excluding tert-OH is 1. The molecule has 0 aromatic heterocycles. The van der Waals surface area contributed by atoms with Gasteiger partial charge in [-0.05, 0) is 51.7 Å². The maximum Gasteiger partial charge on any atom is 0.295 e. The van der Waals surface area contributed by atoms with Crippen LogP contribution < -0.4 is 4.74 Å². The Kier molecular flexibility index (Phi) is 6.15. The first-order chi connectivity index (χ1) is 15.4. The van der Waals surface area contributed by atoms with Gasteiger partial charge in [-0.1, -0.05) is 48.5 Å². The van der Waals surface area contributed by atoms with E-state index < -0.39 is 17.7 Å². The minimum atomic E-state index is -0.680. The molecule has 2 heterocycles. The van der Waals surface area contributed by atoms with Gasteiger partial charge in [0.25, 0.3) is 11.7 Å². The maximum atomic E-state index is 13.1. The first-order valence-corrected chi connectivity index (χ1v) is 10.8. The van der Waals surface area contributed by atoms with Crippen molar-refractivity contribution in [1.82, 2.24) is 9.80 Å². The number of benzene rings is 2. The van der Waals surface area contributed by atoms with E-state index in [-0.39, 0.29) is 17.4 Å². The first kappa shape index (κ1) is 21.8. The van der Waals surface area contributed by atoms with E-state index in [0.717, 1.165) is 23.4 Å². The molecule has 2 aromatic rings. The molecule has 0 aliphatic carbocycles. The Morgan fingerprint density at radius 3 is 2.47 bits per heavy atom. The Balaban J connectivity index is 1.83. The number of fused-ring (bicyclic) bond motifs is 1. The smallest absolute Gasteiger partial charge is 0.295 e. The van der Waals surface area contributed by atoms with Crippen molar-refractivity contribution < 1.29 is 19.4 Å². The molecule has 0 bridgehead atoms. The average Bonchev–Trinajstić information content (AvgIpc) is 3.03. The van der Waals surface area contributed by atoms with E-state index in [9.17, 15) is 14.7 Å². The molecular formula is C26H28N2O4. The van der Waals surface area contributed by atoms with Crippen molar-refractivity contribution in [2.24, 2.45) is 0 Å². The van der Waals surface area contributed by atoms with Gasteiger partial charge in [-0.3, -0.25) is 9.59 Å². The van der Waals surface area contributed by atoms with Gasteiger partial charge < -0.3 is 19.6 Å². The number of likely N-dealkylation sites (tertiary alicyclic amines) is 1. The number of para-hydroxylation sites is 1. The zero-order valence-corrected chi connectivity index (χ0v) is 18.6. The molecule has 1 amide bonds. The van der Waals surface area contributed by atoms with Gasteiger partial charge in [-0.2, -0.15) is 0 Å². The molecule has 32 heavy (non-hydrogen) atoms. The van der Waals surface area contributed by atoms with Gasteiger partial charge >= 0.3 is 0 Å². The third kappa shape index (κ3) is 4.06. The van der Waals surface area contributed by atoms with Crippen LogP contribution in [0.1, 0.15) is 24.5 Å². The predicted octanol–water partition coefficient (Wildman–Crippen LogP) is 3.55. The second kappa shape index (κ2) is 9.01. The van der Waals surface area contributed by atoms with Gasteiger partial charge in [0.05, 0.1) is 11.6 Å². The molecule has 6 heteroatoms. The average molecular weight is 433 g/mol. The van der Waals surface area contributed by atoms with Crippen LogP contribution in [0.3, 0.4) is 0 Å². The Bertz CT molecular complexity index is 1090. The topological polar surface area (TPSA) is 70.1 Å². The van der Waals surface area contributed by atoms with Crippen molar-refractivity contribution in [3.05, 3.63) is 76.9 Å². The van der Waals surface area contributed by atoms with Crippen molar-refractivity contribution in [2.75, 3.05) is 27.2 Å². The summed E-state index contributed by atoms with van der Waals surface area (Å²) in [6.07, 6.45) is 2.33. The fourth-order valence-corrected chi connectivity index (χ4v) is 4.33. The number of aliphatic hydroxyl groups is 1. The third-order valence-electron chi connectivity index (χ3n) is 5.92. The van der Waals surface area contributed by atoms with E-state index in [1.807, 2.05) is 62.3 Å². The number of hydrogen-bond acceptors (Lipinski definition) is 5. The van der Waals surface area contributed by atoms with Gasteiger partial charge in [-0.25, -0.2) is 0 Å². The second-order valence-corrected chi connectivity index (χ2v) is 8.46. The van der Waals surface area contributed by atoms with Crippen molar-refractivity contribution in [3.63, 3.8) is 0 Å². The molecule has 1 fully saturated rings. The number of ketones is 1. The Labute approximate surface area is 188 Å². The zero-order valence-electron chi connectivity index (χ0n) is 18.6. The summed E-state index contributed by atoms with van der Waals surface area (Å²) in [4.78, 5) is 29.8. The highest BCUT2D eigenvalue weighted by atomic mass is 16.5. The van der Waals surface area contributed by atoms with Crippen LogP contribution in [0.4, 0.5) is 0 Å². The number of carbonyl (C=O) groups excluding carboxylic acids is 2. The van der Waals surface area contributed by atoms with Crippen LogP contribution in [-0.4, -0.2) is 65.9 Å². The summed E-state index contributed by atoms with van der Waals surface area (Å²) in [5, 5.41) is 11.1. The number of Topliss-reactive ketones (excluding diaryl/α,β-unsaturated/α-hetero) is 1. The van der Waals surface area contributed by atoms with Crippen molar-refractivity contribution >= 4 is 23.5 Å². The summed E-state index contributed by atoms with van der Waals surface area (Å²) in [6, 6.07) is 15.9. The number of carbonyl (C=O) groups is 2. The molecule has 1 N–H and O–H groups in total. The van der Waals surface area contributed by atoms with Gasteiger partial charge in [0.15, 0.2) is 0 Å². The predicted molar refractivity (Wildman–Crippen MR) is 124 cm³/mol. The van der Waals surface area contributed by atoms with Crippen molar-refractivity contribution in [1.29, 1.82) is 0 Å². The molecule has 2 aliphatic heterocycles. The minimum absolute atomic E-state index is 0.118. The van der Waals surface area contributed by atoms with E-state index in [1.165, 1.54) is 0 Å². The fourth-order valence-electron chi connectivity index (χ4n) is 4.33. The van der Waals surface area contributed by atoms with Crippen molar-refractivity contribution in [2.45, 2.75) is 25.5 Å². The van der Waals surface area contributed by atoms with Crippen LogP contribution >= 0.6 is 0 Å². The summed E-state index contributed by atoms with van der Waals surface area (Å²) in [6.45, 7) is 3.09. The highest BCUT2D eigenvalue weighted by molar-refractivity contribution is 6.47. The lowest BCUT2D eigenvalue weighted by atomic mass is 9.89. The molecule has 0 spiro atoms. The lowest BCUT2D eigenvalue weighted by Gasteiger charge is -2.33. The van der Waals surface area contributed by atoms with Crippen LogP contribution in [0.5, 0.6) is 5.75 Å². The maximum absolute atomic E-state index is 13.1. The summed E-state index contributed by atoms with van der Waals surface area (Å²) in [5.74, 6) is -0.640. The number of nitrogens with zero attached hydrogens (tertiary/aromatic N) is 2. The van der Waals surface area contributed by atoms with E-state index in [4.69, 9.17) is 4.74 Å². The molecule has 2 atom stereocenters. The Morgan fingerprint density at radius 2 is 1.75 bits per heavy atom. The molecule has 2 aromatic carbocycles. The summed E-state index contributed by atoms with van der Waals surface area (Å²) < 4.78 is 6.12. The molecule has 6 nitrogen and oxygen atoms in total.